The van der Waals surface area contributed by atoms with Crippen molar-refractivity contribution in [3.8, 4) is 5.69 Å². The summed E-state index contributed by atoms with van der Waals surface area (Å²) < 4.78 is 1.42. The normalized spacial score (nSPS) is 11.3. The van der Waals surface area contributed by atoms with Crippen molar-refractivity contribution in [3.05, 3.63) is 64.1 Å². The van der Waals surface area contributed by atoms with E-state index >= 15 is 0 Å². The lowest BCUT2D eigenvalue weighted by Gasteiger charge is -1.99. The Morgan fingerprint density at radius 1 is 1.08 bits per heavy atom. The standard InChI is InChI=1S/C21H28N2O2/c1-3-4-5-6-7-8-9-13-16-19(24)20-17(2)22-23(21(20)25)18-14-11-10-12-15-18/h10-16,22H,3-9H2,1-2H3. The number of hydrogen-bond acceptors (Lipinski definition) is 2. The predicted molar refractivity (Wildman–Crippen MR) is 103 cm³/mol. The van der Waals surface area contributed by atoms with E-state index in [4.69, 9.17) is 0 Å². The van der Waals surface area contributed by atoms with Crippen molar-refractivity contribution in [1.82, 2.24) is 9.78 Å². The molecule has 0 aliphatic rings. The van der Waals surface area contributed by atoms with E-state index in [2.05, 4.69) is 12.0 Å². The minimum atomic E-state index is -0.294. The molecule has 25 heavy (non-hydrogen) atoms. The highest BCUT2D eigenvalue weighted by Crippen LogP contribution is 2.10. The number of rotatable bonds is 10. The summed E-state index contributed by atoms with van der Waals surface area (Å²) in [5, 5.41) is 2.99. The Kier molecular flexibility index (Phi) is 7.45. The van der Waals surface area contributed by atoms with Crippen LogP contribution in [0.2, 0.25) is 0 Å². The van der Waals surface area contributed by atoms with E-state index in [1.54, 1.807) is 13.0 Å². The van der Waals surface area contributed by atoms with Gasteiger partial charge in [-0.15, -0.1) is 0 Å². The fraction of sp³-hybridized carbons (Fsp3) is 0.429. The van der Waals surface area contributed by atoms with Crippen molar-refractivity contribution in [2.24, 2.45) is 0 Å². The predicted octanol–water partition coefficient (Wildman–Crippen LogP) is 4.96. The molecule has 0 bridgehead atoms. The molecule has 1 N–H and O–H groups in total. The molecule has 0 atom stereocenters. The number of carbonyl (C=O) groups excluding carboxylic acids is 1. The van der Waals surface area contributed by atoms with Crippen LogP contribution in [0.5, 0.6) is 0 Å². The minimum absolute atomic E-state index is 0.223. The van der Waals surface area contributed by atoms with E-state index in [9.17, 15) is 9.59 Å². The molecule has 1 aromatic carbocycles. The molecule has 1 aromatic heterocycles. The number of allylic oxidation sites excluding steroid dienone is 2. The highest BCUT2D eigenvalue weighted by molar-refractivity contribution is 6.05. The van der Waals surface area contributed by atoms with Crippen LogP contribution in [0.3, 0.4) is 0 Å². The molecule has 0 radical (unpaired) electrons. The summed E-state index contributed by atoms with van der Waals surface area (Å²) in [5.74, 6) is -0.223. The summed E-state index contributed by atoms with van der Waals surface area (Å²) in [7, 11) is 0. The molecule has 1 heterocycles. The van der Waals surface area contributed by atoms with Gasteiger partial charge in [-0.25, -0.2) is 4.68 Å². The van der Waals surface area contributed by atoms with Gasteiger partial charge in [0.15, 0.2) is 5.78 Å². The van der Waals surface area contributed by atoms with E-state index in [0.29, 0.717) is 5.69 Å². The number of unbranched alkanes of at least 4 members (excludes halogenated alkanes) is 6. The summed E-state index contributed by atoms with van der Waals surface area (Å²) in [6, 6.07) is 9.28. The smallest absolute Gasteiger partial charge is 0.282 e. The first-order valence-corrected chi connectivity index (χ1v) is 9.23. The number of aromatic amines is 1. The van der Waals surface area contributed by atoms with E-state index in [0.717, 1.165) is 18.5 Å². The van der Waals surface area contributed by atoms with Crippen LogP contribution < -0.4 is 5.56 Å². The molecule has 0 spiro atoms. The van der Waals surface area contributed by atoms with Crippen molar-refractivity contribution in [2.75, 3.05) is 0 Å². The Bertz CT molecular complexity index is 754. The fourth-order valence-corrected chi connectivity index (χ4v) is 2.91. The SMILES string of the molecule is CCCCCCCCC=CC(=O)c1c(C)[nH]n(-c2ccccc2)c1=O. The number of aromatic nitrogens is 2. The highest BCUT2D eigenvalue weighted by Gasteiger charge is 2.17. The van der Waals surface area contributed by atoms with Crippen LogP contribution in [0, 0.1) is 6.92 Å². The van der Waals surface area contributed by atoms with Crippen molar-refractivity contribution >= 4 is 5.78 Å². The molecule has 0 amide bonds. The lowest BCUT2D eigenvalue weighted by atomic mass is 10.1. The second-order valence-corrected chi connectivity index (χ2v) is 6.41. The molecule has 0 fully saturated rings. The van der Waals surface area contributed by atoms with Crippen LogP contribution in [0.15, 0.2) is 47.3 Å². The summed E-state index contributed by atoms with van der Waals surface area (Å²) in [4.78, 5) is 24.9. The molecule has 2 rings (SSSR count). The molecule has 0 aliphatic carbocycles. The zero-order valence-corrected chi connectivity index (χ0v) is 15.3. The third kappa shape index (κ3) is 5.31. The van der Waals surface area contributed by atoms with E-state index < -0.39 is 0 Å². The monoisotopic (exact) mass is 340 g/mol. The summed E-state index contributed by atoms with van der Waals surface area (Å²) in [6.45, 7) is 3.97. The zero-order chi connectivity index (χ0) is 18.1. The first-order valence-electron chi connectivity index (χ1n) is 9.23. The van der Waals surface area contributed by atoms with Crippen LogP contribution in [0.4, 0.5) is 0 Å². The van der Waals surface area contributed by atoms with Gasteiger partial charge in [0, 0.05) is 5.69 Å². The van der Waals surface area contributed by atoms with Gasteiger partial charge in [-0.3, -0.25) is 14.7 Å². The van der Waals surface area contributed by atoms with Gasteiger partial charge >= 0.3 is 0 Å². The number of benzene rings is 1. The van der Waals surface area contributed by atoms with Crippen molar-refractivity contribution in [3.63, 3.8) is 0 Å². The number of aryl methyl sites for hydroxylation is 1. The van der Waals surface area contributed by atoms with Crippen molar-refractivity contribution in [1.29, 1.82) is 0 Å². The number of nitrogens with one attached hydrogen (secondary N) is 1. The van der Waals surface area contributed by atoms with Crippen LogP contribution >= 0.6 is 0 Å². The van der Waals surface area contributed by atoms with Crippen molar-refractivity contribution in [2.45, 2.75) is 58.8 Å². The maximum atomic E-state index is 12.5. The van der Waals surface area contributed by atoms with E-state index in [1.165, 1.54) is 36.8 Å². The average molecular weight is 340 g/mol. The number of H-pyrrole nitrogens is 1. The summed E-state index contributed by atoms with van der Waals surface area (Å²) in [6.07, 6.45) is 11.7. The van der Waals surface area contributed by atoms with Crippen LogP contribution in [0.1, 0.15) is 67.9 Å². The van der Waals surface area contributed by atoms with Gasteiger partial charge in [0.2, 0.25) is 0 Å². The molecule has 0 saturated heterocycles. The first-order chi connectivity index (χ1) is 12.1. The maximum Gasteiger partial charge on any atom is 0.282 e. The lowest BCUT2D eigenvalue weighted by Crippen LogP contribution is -2.19. The zero-order valence-electron chi connectivity index (χ0n) is 15.3. The fourth-order valence-electron chi connectivity index (χ4n) is 2.91. The summed E-state index contributed by atoms with van der Waals surface area (Å²) >= 11 is 0. The van der Waals surface area contributed by atoms with Gasteiger partial charge in [-0.2, -0.15) is 0 Å². The number of carbonyl (C=O) groups is 1. The number of nitrogens with zero attached hydrogens (tertiary/aromatic N) is 1. The van der Waals surface area contributed by atoms with E-state index in [-0.39, 0.29) is 16.9 Å². The van der Waals surface area contributed by atoms with Gasteiger partial charge in [0.05, 0.1) is 5.69 Å². The second kappa shape index (κ2) is 9.82. The minimum Gasteiger partial charge on any atom is -0.295 e. The first kappa shape index (κ1) is 19.0. The van der Waals surface area contributed by atoms with Crippen LogP contribution in [0.25, 0.3) is 5.69 Å². The molecular formula is C21H28N2O2. The molecule has 4 heteroatoms. The van der Waals surface area contributed by atoms with Gasteiger partial charge < -0.3 is 0 Å². The van der Waals surface area contributed by atoms with Gasteiger partial charge in [-0.05, 0) is 38.0 Å². The topological polar surface area (TPSA) is 54.9 Å². The lowest BCUT2D eigenvalue weighted by molar-refractivity contribution is 0.104. The Morgan fingerprint density at radius 2 is 1.76 bits per heavy atom. The Morgan fingerprint density at radius 3 is 2.48 bits per heavy atom. The Labute approximate surface area is 149 Å². The third-order valence-corrected chi connectivity index (χ3v) is 4.33. The van der Waals surface area contributed by atoms with Gasteiger partial charge in [0.1, 0.15) is 5.56 Å². The molecule has 0 aliphatic heterocycles. The van der Waals surface area contributed by atoms with Gasteiger partial charge in [-0.1, -0.05) is 63.3 Å². The van der Waals surface area contributed by atoms with E-state index in [1.807, 2.05) is 36.4 Å². The maximum absolute atomic E-state index is 12.5. The molecular weight excluding hydrogens is 312 g/mol. The number of para-hydroxylation sites is 1. The van der Waals surface area contributed by atoms with Crippen LogP contribution in [-0.4, -0.2) is 15.6 Å². The van der Waals surface area contributed by atoms with Gasteiger partial charge in [0.25, 0.3) is 5.56 Å². The molecule has 4 nitrogen and oxygen atoms in total. The Balaban J connectivity index is 1.95. The Hall–Kier alpha value is -2.36. The average Bonchev–Trinajstić information content (AvgIpc) is 2.92. The second-order valence-electron chi connectivity index (χ2n) is 6.41. The molecule has 2 aromatic rings. The summed E-state index contributed by atoms with van der Waals surface area (Å²) in [5.41, 5.74) is 1.26. The number of ketones is 1. The quantitative estimate of drug-likeness (QED) is 0.377. The van der Waals surface area contributed by atoms with Crippen molar-refractivity contribution < 1.29 is 4.79 Å². The molecule has 0 unspecified atom stereocenters. The molecule has 134 valence electrons. The molecule has 0 saturated carbocycles. The highest BCUT2D eigenvalue weighted by atomic mass is 16.2. The third-order valence-electron chi connectivity index (χ3n) is 4.33. The number of hydrogen-bond donors (Lipinski definition) is 1. The largest absolute Gasteiger partial charge is 0.295 e. The van der Waals surface area contributed by atoms with Crippen LogP contribution in [-0.2, 0) is 0 Å².